The predicted molar refractivity (Wildman–Crippen MR) is 67.1 cm³/mol. The maximum Gasteiger partial charge on any atom is 0.146 e. The van der Waals surface area contributed by atoms with Crippen LogP contribution in [0.4, 0.5) is 10.1 Å². The van der Waals surface area contributed by atoms with Crippen molar-refractivity contribution >= 4 is 16.5 Å². The lowest BCUT2D eigenvalue weighted by atomic mass is 10.1. The summed E-state index contributed by atoms with van der Waals surface area (Å²) >= 11 is 0. The summed E-state index contributed by atoms with van der Waals surface area (Å²) in [5.74, 6) is 0.867. The molecule has 5 heteroatoms. The normalized spacial score (nSPS) is 19.4. The molecule has 17 heavy (non-hydrogen) atoms. The SMILES string of the molecule is C[C@@H](O)c1ccc(N2CCS(=O)CC2)c(F)c1. The van der Waals surface area contributed by atoms with E-state index in [0.29, 0.717) is 35.8 Å². The third kappa shape index (κ3) is 2.84. The van der Waals surface area contributed by atoms with E-state index in [0.717, 1.165) is 0 Å². The first kappa shape index (κ1) is 12.5. The molecular formula is C12H16FNO2S. The zero-order valence-corrected chi connectivity index (χ0v) is 10.5. The summed E-state index contributed by atoms with van der Waals surface area (Å²) in [4.78, 5) is 1.91. The molecular weight excluding hydrogens is 241 g/mol. The smallest absolute Gasteiger partial charge is 0.146 e. The number of halogens is 1. The Morgan fingerprint density at radius 2 is 2.06 bits per heavy atom. The molecule has 0 saturated carbocycles. The van der Waals surface area contributed by atoms with E-state index in [1.165, 1.54) is 6.07 Å². The van der Waals surface area contributed by atoms with E-state index in [-0.39, 0.29) is 5.82 Å². The van der Waals surface area contributed by atoms with Crippen molar-refractivity contribution in [2.24, 2.45) is 0 Å². The van der Waals surface area contributed by atoms with E-state index in [9.17, 15) is 13.7 Å². The maximum absolute atomic E-state index is 13.9. The Kier molecular flexibility index (Phi) is 3.79. The summed E-state index contributed by atoms with van der Waals surface area (Å²) in [5, 5.41) is 9.36. The van der Waals surface area contributed by atoms with Gasteiger partial charge in [-0.05, 0) is 24.6 Å². The van der Waals surface area contributed by atoms with Crippen molar-refractivity contribution in [3.05, 3.63) is 29.6 Å². The van der Waals surface area contributed by atoms with Gasteiger partial charge in [0, 0.05) is 35.4 Å². The second kappa shape index (κ2) is 5.14. The van der Waals surface area contributed by atoms with Crippen molar-refractivity contribution in [3.8, 4) is 0 Å². The Hall–Kier alpha value is -0.940. The summed E-state index contributed by atoms with van der Waals surface area (Å²) in [6, 6.07) is 4.78. The molecule has 1 atom stereocenters. The zero-order valence-electron chi connectivity index (χ0n) is 9.73. The van der Waals surface area contributed by atoms with Gasteiger partial charge < -0.3 is 10.0 Å². The van der Waals surface area contributed by atoms with Crippen LogP contribution in [0, 0.1) is 5.82 Å². The largest absolute Gasteiger partial charge is 0.389 e. The van der Waals surface area contributed by atoms with Crippen LogP contribution in [0.15, 0.2) is 18.2 Å². The molecule has 1 saturated heterocycles. The third-order valence-electron chi connectivity index (χ3n) is 2.97. The number of aliphatic hydroxyl groups is 1. The van der Waals surface area contributed by atoms with Gasteiger partial charge in [-0.2, -0.15) is 0 Å². The molecule has 94 valence electrons. The molecule has 1 aliphatic rings. The van der Waals surface area contributed by atoms with Gasteiger partial charge in [-0.1, -0.05) is 6.07 Å². The van der Waals surface area contributed by atoms with Gasteiger partial charge in [-0.25, -0.2) is 4.39 Å². The monoisotopic (exact) mass is 257 g/mol. The van der Waals surface area contributed by atoms with Crippen molar-refractivity contribution < 1.29 is 13.7 Å². The number of nitrogens with zero attached hydrogens (tertiary/aromatic N) is 1. The van der Waals surface area contributed by atoms with Crippen LogP contribution >= 0.6 is 0 Å². The lowest BCUT2D eigenvalue weighted by Gasteiger charge is -2.29. The fourth-order valence-corrected chi connectivity index (χ4v) is 2.97. The number of benzene rings is 1. The summed E-state index contributed by atoms with van der Waals surface area (Å²) in [5.41, 5.74) is 1.11. The Balaban J connectivity index is 2.19. The van der Waals surface area contributed by atoms with Crippen LogP contribution in [0.25, 0.3) is 0 Å². The molecule has 0 bridgehead atoms. The number of hydrogen-bond donors (Lipinski definition) is 1. The second-order valence-electron chi connectivity index (χ2n) is 4.22. The van der Waals surface area contributed by atoms with Gasteiger partial charge in [0.15, 0.2) is 0 Å². The highest BCUT2D eigenvalue weighted by atomic mass is 32.2. The summed E-state index contributed by atoms with van der Waals surface area (Å²) in [6.07, 6.45) is -0.660. The van der Waals surface area contributed by atoms with Gasteiger partial charge >= 0.3 is 0 Å². The van der Waals surface area contributed by atoms with Gasteiger partial charge in [0.2, 0.25) is 0 Å². The van der Waals surface area contributed by atoms with E-state index in [2.05, 4.69) is 0 Å². The minimum absolute atomic E-state index is 0.323. The maximum atomic E-state index is 13.9. The molecule has 1 aromatic rings. The highest BCUT2D eigenvalue weighted by Gasteiger charge is 2.18. The molecule has 2 rings (SSSR count). The number of anilines is 1. The average Bonchev–Trinajstić information content (AvgIpc) is 2.30. The molecule has 0 spiro atoms. The van der Waals surface area contributed by atoms with E-state index in [1.54, 1.807) is 19.1 Å². The highest BCUT2D eigenvalue weighted by molar-refractivity contribution is 7.85. The topological polar surface area (TPSA) is 40.5 Å². The Morgan fingerprint density at radius 3 is 2.59 bits per heavy atom. The van der Waals surface area contributed by atoms with Crippen molar-refractivity contribution in [2.75, 3.05) is 29.5 Å². The predicted octanol–water partition coefficient (Wildman–Crippen LogP) is 1.45. The Morgan fingerprint density at radius 1 is 1.41 bits per heavy atom. The number of aliphatic hydroxyl groups excluding tert-OH is 1. The first-order valence-electron chi connectivity index (χ1n) is 5.65. The van der Waals surface area contributed by atoms with Crippen LogP contribution in [-0.2, 0) is 10.8 Å². The Bertz CT molecular complexity index is 427. The number of rotatable bonds is 2. The molecule has 0 aromatic heterocycles. The van der Waals surface area contributed by atoms with E-state index in [1.807, 2.05) is 4.90 Å². The standard InChI is InChI=1S/C12H16FNO2S/c1-9(15)10-2-3-12(11(13)8-10)14-4-6-17(16)7-5-14/h2-3,8-9,15H,4-7H2,1H3/t9-/m1/s1. The molecule has 1 fully saturated rings. The van der Waals surface area contributed by atoms with Crippen LogP contribution in [0.1, 0.15) is 18.6 Å². The van der Waals surface area contributed by atoms with E-state index >= 15 is 0 Å². The Labute approximate surface area is 103 Å². The summed E-state index contributed by atoms with van der Waals surface area (Å²) < 4.78 is 25.1. The summed E-state index contributed by atoms with van der Waals surface area (Å²) in [6.45, 7) is 2.85. The average molecular weight is 257 g/mol. The quantitative estimate of drug-likeness (QED) is 0.871. The third-order valence-corrected chi connectivity index (χ3v) is 4.25. The first-order valence-corrected chi connectivity index (χ1v) is 7.14. The molecule has 1 aliphatic heterocycles. The molecule has 0 aliphatic carbocycles. The van der Waals surface area contributed by atoms with Gasteiger partial charge in [0.05, 0.1) is 11.8 Å². The number of hydrogen-bond acceptors (Lipinski definition) is 3. The molecule has 1 heterocycles. The zero-order chi connectivity index (χ0) is 12.4. The van der Waals surface area contributed by atoms with Gasteiger partial charge in [0.1, 0.15) is 5.82 Å². The van der Waals surface area contributed by atoms with Gasteiger partial charge in [-0.3, -0.25) is 4.21 Å². The van der Waals surface area contributed by atoms with Crippen LogP contribution < -0.4 is 4.90 Å². The van der Waals surface area contributed by atoms with Crippen LogP contribution in [-0.4, -0.2) is 33.9 Å². The molecule has 0 radical (unpaired) electrons. The van der Waals surface area contributed by atoms with Gasteiger partial charge in [-0.15, -0.1) is 0 Å². The minimum Gasteiger partial charge on any atom is -0.389 e. The van der Waals surface area contributed by atoms with Gasteiger partial charge in [0.25, 0.3) is 0 Å². The molecule has 3 nitrogen and oxygen atoms in total. The fourth-order valence-electron chi connectivity index (χ4n) is 1.92. The lowest BCUT2D eigenvalue weighted by Crippen LogP contribution is -2.38. The summed E-state index contributed by atoms with van der Waals surface area (Å²) in [7, 11) is -0.757. The lowest BCUT2D eigenvalue weighted by molar-refractivity contribution is 0.199. The second-order valence-corrected chi connectivity index (χ2v) is 5.92. The van der Waals surface area contributed by atoms with Crippen molar-refractivity contribution in [2.45, 2.75) is 13.0 Å². The first-order chi connectivity index (χ1) is 8.08. The van der Waals surface area contributed by atoms with Crippen LogP contribution in [0.5, 0.6) is 0 Å². The highest BCUT2D eigenvalue weighted by Crippen LogP contribution is 2.24. The van der Waals surface area contributed by atoms with Crippen LogP contribution in [0.3, 0.4) is 0 Å². The molecule has 1 aromatic carbocycles. The molecule has 1 N–H and O–H groups in total. The molecule has 0 unspecified atom stereocenters. The van der Waals surface area contributed by atoms with Crippen molar-refractivity contribution in [1.29, 1.82) is 0 Å². The fraction of sp³-hybridized carbons (Fsp3) is 0.500. The van der Waals surface area contributed by atoms with Crippen LogP contribution in [0.2, 0.25) is 0 Å². The molecule has 0 amide bonds. The van der Waals surface area contributed by atoms with E-state index in [4.69, 9.17) is 0 Å². The van der Waals surface area contributed by atoms with Crippen molar-refractivity contribution in [1.82, 2.24) is 0 Å². The van der Waals surface area contributed by atoms with E-state index < -0.39 is 16.9 Å². The van der Waals surface area contributed by atoms with Crippen molar-refractivity contribution in [3.63, 3.8) is 0 Å². The minimum atomic E-state index is -0.757.